The van der Waals surface area contributed by atoms with Gasteiger partial charge >= 0.3 is 0 Å². The highest BCUT2D eigenvalue weighted by Gasteiger charge is 2.16. The molecule has 4 rings (SSSR count). The maximum atomic E-state index is 12.5. The van der Waals surface area contributed by atoms with Crippen molar-refractivity contribution in [1.82, 2.24) is 15.2 Å². The van der Waals surface area contributed by atoms with E-state index < -0.39 is 0 Å². The van der Waals surface area contributed by atoms with Gasteiger partial charge in [0.2, 0.25) is 0 Å². The lowest BCUT2D eigenvalue weighted by Gasteiger charge is -2.18. The topological polar surface area (TPSA) is 77.1 Å². The third kappa shape index (κ3) is 3.03. The van der Waals surface area contributed by atoms with E-state index >= 15 is 0 Å². The molecule has 0 spiro atoms. The van der Waals surface area contributed by atoms with Crippen molar-refractivity contribution in [2.45, 2.75) is 12.8 Å². The summed E-state index contributed by atoms with van der Waals surface area (Å²) in [6.07, 6.45) is 2.20. The highest BCUT2D eigenvalue weighted by molar-refractivity contribution is 7.13. The summed E-state index contributed by atoms with van der Waals surface area (Å²) < 4.78 is 11.1. The number of aromatic amines is 1. The van der Waals surface area contributed by atoms with Crippen molar-refractivity contribution < 1.29 is 14.3 Å². The van der Waals surface area contributed by atoms with Crippen LogP contribution in [0.3, 0.4) is 0 Å². The zero-order chi connectivity index (χ0) is 16.4. The molecule has 0 amide bonds. The zero-order valence-corrected chi connectivity index (χ0v) is 13.6. The molecule has 0 aliphatic carbocycles. The number of benzene rings is 1. The van der Waals surface area contributed by atoms with Crippen molar-refractivity contribution in [3.63, 3.8) is 0 Å². The molecule has 7 heteroatoms. The standard InChI is InChI=1S/C17H15N3O3S/c21-13(7-11-1-2-14-15(8-11)23-5-4-22-14)9-12-3-6-24-16(12)17-18-10-19-20-17/h1-3,6,8,10H,4-5,7,9H2,(H,18,19,20). The summed E-state index contributed by atoms with van der Waals surface area (Å²) in [5, 5.41) is 8.67. The lowest BCUT2D eigenvalue weighted by molar-refractivity contribution is -0.117. The van der Waals surface area contributed by atoms with Crippen LogP contribution in [-0.4, -0.2) is 34.2 Å². The lowest BCUT2D eigenvalue weighted by atomic mass is 10.0. The summed E-state index contributed by atoms with van der Waals surface area (Å²) in [7, 11) is 0. The largest absolute Gasteiger partial charge is 0.486 e. The second-order valence-electron chi connectivity index (χ2n) is 5.48. The molecule has 3 heterocycles. The first-order chi connectivity index (χ1) is 11.8. The number of carbonyl (C=O) groups is 1. The van der Waals surface area contributed by atoms with E-state index in [0.29, 0.717) is 37.6 Å². The molecule has 0 fully saturated rings. The monoisotopic (exact) mass is 341 g/mol. The molecule has 1 N–H and O–H groups in total. The van der Waals surface area contributed by atoms with Gasteiger partial charge in [-0.2, -0.15) is 5.10 Å². The molecule has 3 aromatic rings. The van der Waals surface area contributed by atoms with Gasteiger partial charge in [-0.15, -0.1) is 11.3 Å². The maximum absolute atomic E-state index is 12.5. The predicted molar refractivity (Wildman–Crippen MR) is 89.5 cm³/mol. The third-order valence-corrected chi connectivity index (χ3v) is 4.74. The van der Waals surface area contributed by atoms with Crippen LogP contribution in [0, 0.1) is 0 Å². The van der Waals surface area contributed by atoms with E-state index in [1.165, 1.54) is 6.33 Å². The molecule has 0 unspecified atom stereocenters. The number of aromatic nitrogens is 3. The van der Waals surface area contributed by atoms with Crippen molar-refractivity contribution in [1.29, 1.82) is 0 Å². The molecule has 0 saturated carbocycles. The predicted octanol–water partition coefficient (Wildman–Crippen LogP) is 2.66. The fraction of sp³-hybridized carbons (Fsp3) is 0.235. The number of nitrogens with zero attached hydrogens (tertiary/aromatic N) is 2. The van der Waals surface area contributed by atoms with Crippen LogP contribution in [-0.2, 0) is 17.6 Å². The number of thiophene rings is 1. The number of hydrogen-bond donors (Lipinski definition) is 1. The van der Waals surface area contributed by atoms with Crippen molar-refractivity contribution in [2.24, 2.45) is 0 Å². The van der Waals surface area contributed by atoms with Crippen molar-refractivity contribution in [2.75, 3.05) is 13.2 Å². The van der Waals surface area contributed by atoms with Gasteiger partial charge in [0.15, 0.2) is 17.3 Å². The number of ether oxygens (including phenoxy) is 2. The quantitative estimate of drug-likeness (QED) is 0.772. The highest BCUT2D eigenvalue weighted by atomic mass is 32.1. The molecule has 1 aromatic carbocycles. The van der Waals surface area contributed by atoms with Crippen LogP contribution in [0.2, 0.25) is 0 Å². The SMILES string of the molecule is O=C(Cc1ccc2c(c1)OCCO2)Cc1ccsc1-c1ncn[nH]1. The van der Waals surface area contributed by atoms with Gasteiger partial charge in [0.05, 0.1) is 4.88 Å². The first-order valence-corrected chi connectivity index (χ1v) is 8.50. The average molecular weight is 341 g/mol. The van der Waals surface area contributed by atoms with E-state index in [0.717, 1.165) is 21.8 Å². The molecular formula is C17H15N3O3S. The van der Waals surface area contributed by atoms with E-state index in [9.17, 15) is 4.79 Å². The Morgan fingerprint density at radius 2 is 2.04 bits per heavy atom. The molecule has 1 aliphatic rings. The number of carbonyl (C=O) groups excluding carboxylic acids is 1. The minimum Gasteiger partial charge on any atom is -0.486 e. The number of ketones is 1. The summed E-state index contributed by atoms with van der Waals surface area (Å²) in [6, 6.07) is 7.62. The Labute approximate surface area is 142 Å². The van der Waals surface area contributed by atoms with Crippen molar-refractivity contribution >= 4 is 17.1 Å². The summed E-state index contributed by atoms with van der Waals surface area (Å²) in [5.41, 5.74) is 1.90. The Morgan fingerprint density at radius 1 is 1.17 bits per heavy atom. The van der Waals surface area contributed by atoms with Crippen molar-refractivity contribution in [3.05, 3.63) is 47.1 Å². The van der Waals surface area contributed by atoms with Crippen molar-refractivity contribution in [3.8, 4) is 22.2 Å². The Balaban J connectivity index is 1.47. The fourth-order valence-corrected chi connectivity index (χ4v) is 3.57. The van der Waals surface area contributed by atoms with Crippen LogP contribution in [0.4, 0.5) is 0 Å². The number of rotatable bonds is 5. The van der Waals surface area contributed by atoms with Gasteiger partial charge < -0.3 is 9.47 Å². The summed E-state index contributed by atoms with van der Waals surface area (Å²) in [4.78, 5) is 17.6. The van der Waals surface area contributed by atoms with Gasteiger partial charge in [-0.3, -0.25) is 9.89 Å². The molecule has 1 aliphatic heterocycles. The molecule has 24 heavy (non-hydrogen) atoms. The molecule has 122 valence electrons. The van der Waals surface area contributed by atoms with E-state index in [4.69, 9.17) is 9.47 Å². The lowest BCUT2D eigenvalue weighted by Crippen LogP contribution is -2.15. The number of nitrogens with one attached hydrogen (secondary N) is 1. The van der Waals surface area contributed by atoms with Gasteiger partial charge in [0.1, 0.15) is 25.3 Å². The highest BCUT2D eigenvalue weighted by Crippen LogP contribution is 2.31. The second-order valence-corrected chi connectivity index (χ2v) is 6.40. The van der Waals surface area contributed by atoms with Gasteiger partial charge in [-0.25, -0.2) is 4.98 Å². The minimum atomic E-state index is 0.144. The zero-order valence-electron chi connectivity index (χ0n) is 12.8. The number of Topliss-reactive ketones (excluding diaryl/α,β-unsaturated/α-hetero) is 1. The van der Waals surface area contributed by atoms with E-state index in [2.05, 4.69) is 15.2 Å². The van der Waals surface area contributed by atoms with E-state index in [1.54, 1.807) is 11.3 Å². The molecule has 0 bridgehead atoms. The van der Waals surface area contributed by atoms with Gasteiger partial charge in [-0.05, 0) is 34.7 Å². The summed E-state index contributed by atoms with van der Waals surface area (Å²) in [6.45, 7) is 1.10. The summed E-state index contributed by atoms with van der Waals surface area (Å²) in [5.74, 6) is 2.30. The molecule has 0 saturated heterocycles. The second kappa shape index (κ2) is 6.45. The van der Waals surface area contributed by atoms with Crippen LogP contribution in [0.1, 0.15) is 11.1 Å². The number of H-pyrrole nitrogens is 1. The van der Waals surface area contributed by atoms with Gasteiger partial charge in [0, 0.05) is 12.8 Å². The third-order valence-electron chi connectivity index (χ3n) is 3.77. The number of fused-ring (bicyclic) bond motifs is 1. The van der Waals surface area contributed by atoms with Crippen LogP contribution in [0.15, 0.2) is 36.0 Å². The van der Waals surface area contributed by atoms with Crippen LogP contribution in [0.5, 0.6) is 11.5 Å². The Hall–Kier alpha value is -2.67. The molecule has 0 atom stereocenters. The number of hydrogen-bond acceptors (Lipinski definition) is 6. The minimum absolute atomic E-state index is 0.144. The van der Waals surface area contributed by atoms with Crippen LogP contribution < -0.4 is 9.47 Å². The Bertz CT molecular complexity index is 858. The average Bonchev–Trinajstić information content (AvgIpc) is 3.25. The van der Waals surface area contributed by atoms with Crippen LogP contribution in [0.25, 0.3) is 10.7 Å². The fourth-order valence-electron chi connectivity index (χ4n) is 2.70. The molecule has 6 nitrogen and oxygen atoms in total. The maximum Gasteiger partial charge on any atom is 0.165 e. The summed E-state index contributed by atoms with van der Waals surface area (Å²) >= 11 is 1.55. The molecule has 2 aromatic heterocycles. The van der Waals surface area contributed by atoms with Crippen LogP contribution >= 0.6 is 11.3 Å². The molecular weight excluding hydrogens is 326 g/mol. The van der Waals surface area contributed by atoms with Gasteiger partial charge in [-0.1, -0.05) is 6.07 Å². The van der Waals surface area contributed by atoms with E-state index in [-0.39, 0.29) is 5.78 Å². The normalized spacial score (nSPS) is 13.0. The Morgan fingerprint density at radius 3 is 2.88 bits per heavy atom. The first kappa shape index (κ1) is 14.9. The van der Waals surface area contributed by atoms with Gasteiger partial charge in [0.25, 0.3) is 0 Å². The Kier molecular flexibility index (Phi) is 4.00. The molecule has 0 radical (unpaired) electrons. The smallest absolute Gasteiger partial charge is 0.165 e. The van der Waals surface area contributed by atoms with E-state index in [1.807, 2.05) is 29.6 Å². The first-order valence-electron chi connectivity index (χ1n) is 7.62.